The van der Waals surface area contributed by atoms with Crippen LogP contribution in [0.15, 0.2) is 0 Å². The van der Waals surface area contributed by atoms with Gasteiger partial charge in [-0.2, -0.15) is 0 Å². The number of carboxylic acid groups (broad SMARTS) is 1. The van der Waals surface area contributed by atoms with Crippen LogP contribution in [0.3, 0.4) is 0 Å². The van der Waals surface area contributed by atoms with Gasteiger partial charge in [0.1, 0.15) is 5.72 Å². The first kappa shape index (κ1) is 12.8. The second-order valence-electron chi connectivity index (χ2n) is 4.18. The highest BCUT2D eigenvalue weighted by atomic mass is 16.5. The Hall–Kier alpha value is -1.30. The number of rotatable bonds is 3. The number of hydrogen-bond donors (Lipinski definition) is 1. The molecule has 16 heavy (non-hydrogen) atoms. The molecule has 0 aliphatic carbocycles. The molecule has 0 aromatic heterocycles. The van der Waals surface area contributed by atoms with Gasteiger partial charge in [-0.05, 0) is 20.3 Å². The van der Waals surface area contributed by atoms with Crippen LogP contribution in [-0.4, -0.2) is 47.6 Å². The highest BCUT2D eigenvalue weighted by Gasteiger charge is 2.43. The van der Waals surface area contributed by atoms with Gasteiger partial charge in [0.15, 0.2) is 0 Å². The van der Waals surface area contributed by atoms with E-state index in [2.05, 4.69) is 4.74 Å². The van der Waals surface area contributed by atoms with E-state index in [0.29, 0.717) is 13.0 Å². The molecule has 0 aromatic rings. The third-order valence-corrected chi connectivity index (χ3v) is 2.69. The monoisotopic (exact) mass is 231 g/mol. The van der Waals surface area contributed by atoms with E-state index >= 15 is 0 Å². The van der Waals surface area contributed by atoms with Crippen LogP contribution in [0.2, 0.25) is 0 Å². The van der Waals surface area contributed by atoms with Crippen molar-refractivity contribution in [1.29, 1.82) is 0 Å². The van der Waals surface area contributed by atoms with E-state index in [1.54, 1.807) is 13.8 Å². The lowest BCUT2D eigenvalue weighted by molar-refractivity contribution is -0.141. The van der Waals surface area contributed by atoms with Crippen molar-refractivity contribution in [3.8, 4) is 0 Å². The molecule has 1 atom stereocenters. The first-order valence-corrected chi connectivity index (χ1v) is 5.11. The van der Waals surface area contributed by atoms with Crippen LogP contribution < -0.4 is 0 Å². The van der Waals surface area contributed by atoms with Crippen LogP contribution >= 0.6 is 0 Å². The van der Waals surface area contributed by atoms with Gasteiger partial charge in [-0.15, -0.1) is 0 Å². The molecule has 0 unspecified atom stereocenters. The minimum atomic E-state index is -1.03. The van der Waals surface area contributed by atoms with Gasteiger partial charge in [0.2, 0.25) is 0 Å². The van der Waals surface area contributed by atoms with E-state index in [-0.39, 0.29) is 18.4 Å². The van der Waals surface area contributed by atoms with Crippen LogP contribution in [-0.2, 0) is 14.3 Å². The van der Waals surface area contributed by atoms with Gasteiger partial charge in [0, 0.05) is 6.42 Å². The fourth-order valence-electron chi connectivity index (χ4n) is 1.87. The van der Waals surface area contributed by atoms with Crippen LogP contribution in [0.4, 0.5) is 4.79 Å². The number of carbonyl (C=O) groups excluding carboxylic acids is 1. The Bertz CT molecular complexity index is 289. The number of ether oxygens (including phenoxy) is 2. The third kappa shape index (κ3) is 2.63. The Labute approximate surface area is 94.1 Å². The zero-order valence-electron chi connectivity index (χ0n) is 9.73. The zero-order chi connectivity index (χ0) is 12.3. The molecule has 0 bridgehead atoms. The molecule has 1 rings (SSSR count). The third-order valence-electron chi connectivity index (χ3n) is 2.69. The summed E-state index contributed by atoms with van der Waals surface area (Å²) in [6.45, 7) is 3.70. The molecule has 1 saturated heterocycles. The minimum Gasteiger partial charge on any atom is -0.469 e. The average Bonchev–Trinajstić information content (AvgIpc) is 2.50. The van der Waals surface area contributed by atoms with Crippen molar-refractivity contribution in [3.63, 3.8) is 0 Å². The van der Waals surface area contributed by atoms with Gasteiger partial charge >= 0.3 is 12.1 Å². The zero-order valence-corrected chi connectivity index (χ0v) is 9.73. The number of carbonyl (C=O) groups is 2. The lowest BCUT2D eigenvalue weighted by Gasteiger charge is -2.30. The standard InChI is InChI=1S/C10H17NO5/c1-10(2)11(9(13)14)7(6-16-10)4-5-8(12)15-3/h7H,4-6H2,1-3H3,(H,13,14)/t7-/m1/s1. The number of nitrogens with zero attached hydrogens (tertiary/aromatic N) is 1. The predicted molar refractivity (Wildman–Crippen MR) is 54.9 cm³/mol. The topological polar surface area (TPSA) is 76.1 Å². The van der Waals surface area contributed by atoms with Crippen molar-refractivity contribution in [3.05, 3.63) is 0 Å². The fraction of sp³-hybridized carbons (Fsp3) is 0.800. The van der Waals surface area contributed by atoms with E-state index in [4.69, 9.17) is 9.84 Å². The number of hydrogen-bond acceptors (Lipinski definition) is 4. The molecule has 6 heteroatoms. The predicted octanol–water partition coefficient (Wildman–Crippen LogP) is 1.05. The van der Waals surface area contributed by atoms with Gasteiger partial charge in [-0.1, -0.05) is 0 Å². The molecule has 6 nitrogen and oxygen atoms in total. The van der Waals surface area contributed by atoms with E-state index in [1.165, 1.54) is 12.0 Å². The molecule has 0 radical (unpaired) electrons. The normalized spacial score (nSPS) is 23.2. The molecule has 1 aliphatic heterocycles. The van der Waals surface area contributed by atoms with E-state index in [0.717, 1.165) is 0 Å². The molecular formula is C10H17NO5. The molecule has 0 aromatic carbocycles. The van der Waals surface area contributed by atoms with Crippen molar-refractivity contribution in [2.75, 3.05) is 13.7 Å². The van der Waals surface area contributed by atoms with E-state index < -0.39 is 11.8 Å². The second kappa shape index (κ2) is 4.69. The first-order valence-electron chi connectivity index (χ1n) is 5.11. The van der Waals surface area contributed by atoms with Gasteiger partial charge in [0.25, 0.3) is 0 Å². The Balaban J connectivity index is 2.60. The van der Waals surface area contributed by atoms with Crippen LogP contribution in [0.1, 0.15) is 26.7 Å². The summed E-state index contributed by atoms with van der Waals surface area (Å²) in [5.74, 6) is -0.338. The van der Waals surface area contributed by atoms with Crippen LogP contribution in [0.5, 0.6) is 0 Å². The van der Waals surface area contributed by atoms with Crippen molar-refractivity contribution in [1.82, 2.24) is 4.90 Å². The van der Waals surface area contributed by atoms with Gasteiger partial charge in [0.05, 0.1) is 19.8 Å². The van der Waals surface area contributed by atoms with E-state index in [1.807, 2.05) is 0 Å². The SMILES string of the molecule is COC(=O)CC[C@@H]1COC(C)(C)N1C(=O)O. The van der Waals surface area contributed by atoms with Crippen molar-refractivity contribution < 1.29 is 24.2 Å². The van der Waals surface area contributed by atoms with Gasteiger partial charge < -0.3 is 14.6 Å². The maximum Gasteiger partial charge on any atom is 0.409 e. The molecule has 1 N–H and O–H groups in total. The number of amides is 1. The lowest BCUT2D eigenvalue weighted by Crippen LogP contribution is -2.47. The fourth-order valence-corrected chi connectivity index (χ4v) is 1.87. The molecule has 0 spiro atoms. The summed E-state index contributed by atoms with van der Waals surface area (Å²) in [5, 5.41) is 9.07. The summed E-state index contributed by atoms with van der Waals surface area (Å²) < 4.78 is 9.90. The summed E-state index contributed by atoms with van der Waals surface area (Å²) in [6, 6.07) is -0.286. The Morgan fingerprint density at radius 3 is 2.69 bits per heavy atom. The molecule has 1 heterocycles. The quantitative estimate of drug-likeness (QED) is 0.735. The van der Waals surface area contributed by atoms with Crippen molar-refractivity contribution in [2.24, 2.45) is 0 Å². The maximum atomic E-state index is 11.1. The molecule has 1 fully saturated rings. The largest absolute Gasteiger partial charge is 0.469 e. The number of methoxy groups -OCH3 is 1. The summed E-state index contributed by atoms with van der Waals surface area (Å²) in [4.78, 5) is 23.3. The molecular weight excluding hydrogens is 214 g/mol. The lowest BCUT2D eigenvalue weighted by atomic mass is 10.1. The van der Waals surface area contributed by atoms with Crippen LogP contribution in [0, 0.1) is 0 Å². The van der Waals surface area contributed by atoms with Crippen molar-refractivity contribution >= 4 is 12.1 Å². The second-order valence-corrected chi connectivity index (χ2v) is 4.18. The Morgan fingerprint density at radius 1 is 1.56 bits per heavy atom. The van der Waals surface area contributed by atoms with Gasteiger partial charge in [-0.25, -0.2) is 4.79 Å². The Kier molecular flexibility index (Phi) is 3.74. The maximum absolute atomic E-state index is 11.1. The number of esters is 1. The summed E-state index contributed by atoms with van der Waals surface area (Å²) >= 11 is 0. The summed E-state index contributed by atoms with van der Waals surface area (Å²) in [7, 11) is 1.31. The summed E-state index contributed by atoms with van der Waals surface area (Å²) in [5.41, 5.74) is -0.827. The smallest absolute Gasteiger partial charge is 0.409 e. The average molecular weight is 231 g/mol. The van der Waals surface area contributed by atoms with Crippen molar-refractivity contribution in [2.45, 2.75) is 38.5 Å². The van der Waals surface area contributed by atoms with Gasteiger partial charge in [-0.3, -0.25) is 9.69 Å². The Morgan fingerprint density at radius 2 is 2.19 bits per heavy atom. The highest BCUT2D eigenvalue weighted by Crippen LogP contribution is 2.29. The van der Waals surface area contributed by atoms with E-state index in [9.17, 15) is 9.59 Å². The minimum absolute atomic E-state index is 0.199. The highest BCUT2D eigenvalue weighted by molar-refractivity contribution is 5.70. The van der Waals surface area contributed by atoms with Crippen LogP contribution in [0.25, 0.3) is 0 Å². The summed E-state index contributed by atoms with van der Waals surface area (Å²) in [6.07, 6.45) is -0.412. The molecule has 92 valence electrons. The first-order chi connectivity index (χ1) is 7.38. The molecule has 1 aliphatic rings. The molecule has 1 amide bonds. The molecule has 0 saturated carbocycles.